The van der Waals surface area contributed by atoms with Crippen molar-refractivity contribution in [3.8, 4) is 0 Å². The molecule has 2 heterocycles. The second-order valence-electron chi connectivity index (χ2n) is 6.76. The number of ether oxygens (including phenoxy) is 1. The predicted molar refractivity (Wildman–Crippen MR) is 74.3 cm³/mol. The van der Waals surface area contributed by atoms with Crippen LogP contribution in [0.3, 0.4) is 0 Å². The van der Waals surface area contributed by atoms with Crippen LogP contribution >= 0.6 is 0 Å². The van der Waals surface area contributed by atoms with Crippen LogP contribution in [0, 0.1) is 5.92 Å². The summed E-state index contributed by atoms with van der Waals surface area (Å²) in [5.41, 5.74) is -0.921. The maximum absolute atomic E-state index is 12.0. The number of nitrogens with zero attached hydrogens (tertiary/aromatic N) is 2. The molecule has 1 saturated carbocycles. The van der Waals surface area contributed by atoms with Gasteiger partial charge >= 0.3 is 13.2 Å². The van der Waals surface area contributed by atoms with Crippen LogP contribution in [0.4, 0.5) is 4.79 Å². The molecule has 20 heavy (non-hydrogen) atoms. The lowest BCUT2D eigenvalue weighted by molar-refractivity contribution is 0.00578. The molecule has 2 fully saturated rings. The molecule has 6 nitrogen and oxygen atoms in total. The molecule has 0 aromatic rings. The quantitative estimate of drug-likeness (QED) is 0.740. The van der Waals surface area contributed by atoms with E-state index in [9.17, 15) is 4.79 Å². The first-order valence-corrected chi connectivity index (χ1v) is 7.15. The molecule has 0 radical (unpaired) electrons. The lowest BCUT2D eigenvalue weighted by atomic mass is 9.90. The van der Waals surface area contributed by atoms with Crippen molar-refractivity contribution in [1.82, 2.24) is 4.90 Å². The minimum absolute atomic E-state index is 0.237. The number of hydrogen-bond acceptors (Lipinski definition) is 5. The van der Waals surface area contributed by atoms with Gasteiger partial charge in [0, 0.05) is 6.54 Å². The third-order valence-corrected chi connectivity index (χ3v) is 4.48. The molecule has 1 aliphatic carbocycles. The Balaban J connectivity index is 1.67. The molecule has 0 aromatic carbocycles. The molecule has 1 saturated heterocycles. The average molecular weight is 280 g/mol. The summed E-state index contributed by atoms with van der Waals surface area (Å²) in [4.78, 5) is 17.9. The van der Waals surface area contributed by atoms with Crippen LogP contribution in [0.25, 0.3) is 0 Å². The van der Waals surface area contributed by atoms with Crippen LogP contribution in [0.5, 0.6) is 0 Å². The third kappa shape index (κ3) is 2.44. The van der Waals surface area contributed by atoms with E-state index >= 15 is 0 Å². The summed E-state index contributed by atoms with van der Waals surface area (Å²) in [7, 11) is -0.702. The first-order valence-electron chi connectivity index (χ1n) is 7.15. The van der Waals surface area contributed by atoms with Crippen LogP contribution in [0.15, 0.2) is 4.99 Å². The van der Waals surface area contributed by atoms with Crippen molar-refractivity contribution < 1.29 is 18.8 Å². The molecule has 0 atom stereocenters. The van der Waals surface area contributed by atoms with Gasteiger partial charge in [0.15, 0.2) is 0 Å². The molecular weight excluding hydrogens is 259 g/mol. The number of carbonyl (C=O) groups excluding carboxylic acids is 1. The fourth-order valence-corrected chi connectivity index (χ4v) is 2.21. The first kappa shape index (κ1) is 13.9. The Morgan fingerprint density at radius 2 is 1.85 bits per heavy atom. The highest BCUT2D eigenvalue weighted by atomic mass is 16.7. The van der Waals surface area contributed by atoms with Gasteiger partial charge in [-0.05, 0) is 46.5 Å². The van der Waals surface area contributed by atoms with E-state index in [4.69, 9.17) is 14.0 Å². The van der Waals surface area contributed by atoms with E-state index in [1.54, 1.807) is 4.90 Å². The van der Waals surface area contributed by atoms with Crippen molar-refractivity contribution in [3.05, 3.63) is 0 Å². The highest BCUT2D eigenvalue weighted by Crippen LogP contribution is 2.37. The second kappa shape index (κ2) is 4.46. The van der Waals surface area contributed by atoms with E-state index < -0.39 is 18.3 Å². The molecule has 1 amide bonds. The highest BCUT2D eigenvalue weighted by Gasteiger charge is 2.55. The highest BCUT2D eigenvalue weighted by molar-refractivity contribution is 6.81. The van der Waals surface area contributed by atoms with Gasteiger partial charge in [-0.1, -0.05) is 0 Å². The molecule has 0 aromatic heterocycles. The number of aliphatic imine (C=N–C) groups is 1. The number of amides is 1. The van der Waals surface area contributed by atoms with Gasteiger partial charge in [-0.25, -0.2) is 9.79 Å². The van der Waals surface area contributed by atoms with Gasteiger partial charge in [0.25, 0.3) is 0 Å². The minimum Gasteiger partial charge on any atom is -0.399 e. The Hall–Kier alpha value is -1.08. The van der Waals surface area contributed by atoms with Crippen LogP contribution < -0.4 is 0 Å². The molecule has 3 rings (SSSR count). The van der Waals surface area contributed by atoms with Gasteiger partial charge < -0.3 is 14.0 Å². The SMILES string of the molecule is CC1(C)OB(C2=NCN(CC3CC3)C(=O)O2)OC1(C)C. The molecule has 110 valence electrons. The minimum atomic E-state index is -0.702. The number of carbonyl (C=O) groups is 1. The molecule has 0 N–H and O–H groups in total. The van der Waals surface area contributed by atoms with E-state index in [0.29, 0.717) is 12.6 Å². The van der Waals surface area contributed by atoms with Gasteiger partial charge in [0.2, 0.25) is 5.80 Å². The van der Waals surface area contributed by atoms with E-state index in [1.807, 2.05) is 27.7 Å². The van der Waals surface area contributed by atoms with Crippen molar-refractivity contribution in [2.24, 2.45) is 10.9 Å². The molecule has 2 aliphatic heterocycles. The van der Waals surface area contributed by atoms with Gasteiger partial charge in [-0.3, -0.25) is 4.90 Å². The third-order valence-electron chi connectivity index (χ3n) is 4.48. The van der Waals surface area contributed by atoms with E-state index in [1.165, 1.54) is 12.8 Å². The summed E-state index contributed by atoms with van der Waals surface area (Å²) < 4.78 is 16.9. The summed E-state index contributed by atoms with van der Waals surface area (Å²) in [5.74, 6) is 0.858. The molecule has 3 aliphatic rings. The molecular formula is C13H21BN2O4. The zero-order valence-electron chi connectivity index (χ0n) is 12.5. The Morgan fingerprint density at radius 3 is 2.35 bits per heavy atom. The Bertz CT molecular complexity index is 443. The van der Waals surface area contributed by atoms with Gasteiger partial charge in [0.05, 0.1) is 11.2 Å². The summed E-state index contributed by atoms with van der Waals surface area (Å²) in [5, 5.41) is 0. The normalized spacial score (nSPS) is 28.4. The maximum Gasteiger partial charge on any atom is 0.554 e. The van der Waals surface area contributed by atoms with E-state index in [-0.39, 0.29) is 11.9 Å². The summed E-state index contributed by atoms with van der Waals surface area (Å²) in [6, 6.07) is 0. The topological polar surface area (TPSA) is 60.4 Å². The van der Waals surface area contributed by atoms with Gasteiger partial charge in [-0.15, -0.1) is 0 Å². The van der Waals surface area contributed by atoms with E-state index in [2.05, 4.69) is 4.99 Å². The second-order valence-corrected chi connectivity index (χ2v) is 6.76. The molecule has 0 spiro atoms. The standard InChI is InChI=1S/C13H21BN2O4/c1-12(2)13(3,4)20-14(19-12)10-15-8-16(11(17)18-10)7-9-5-6-9/h9H,5-8H2,1-4H3. The Morgan fingerprint density at radius 1 is 1.25 bits per heavy atom. The summed E-state index contributed by atoms with van der Waals surface area (Å²) in [6.45, 7) is 8.89. The zero-order valence-corrected chi connectivity index (χ0v) is 12.5. The van der Waals surface area contributed by atoms with Gasteiger partial charge in [0.1, 0.15) is 6.67 Å². The largest absolute Gasteiger partial charge is 0.554 e. The monoisotopic (exact) mass is 280 g/mol. The van der Waals surface area contributed by atoms with Crippen molar-refractivity contribution in [1.29, 1.82) is 0 Å². The van der Waals surface area contributed by atoms with Crippen molar-refractivity contribution >= 4 is 19.0 Å². The van der Waals surface area contributed by atoms with Crippen LogP contribution in [0.2, 0.25) is 0 Å². The first-order chi connectivity index (χ1) is 9.28. The lowest BCUT2D eigenvalue weighted by Crippen LogP contribution is -2.44. The lowest BCUT2D eigenvalue weighted by Gasteiger charge is -2.32. The molecule has 7 heteroatoms. The Labute approximate surface area is 119 Å². The fraction of sp³-hybridized carbons (Fsp3) is 0.846. The average Bonchev–Trinajstić information content (AvgIpc) is 3.10. The van der Waals surface area contributed by atoms with Crippen LogP contribution in [0.1, 0.15) is 40.5 Å². The number of rotatable bonds is 3. The maximum atomic E-state index is 12.0. The number of cyclic esters (lactones) is 1. The van der Waals surface area contributed by atoms with E-state index in [0.717, 1.165) is 6.54 Å². The summed E-state index contributed by atoms with van der Waals surface area (Å²) >= 11 is 0. The summed E-state index contributed by atoms with van der Waals surface area (Å²) in [6.07, 6.45) is 2.03. The Kier molecular flexibility index (Phi) is 3.10. The van der Waals surface area contributed by atoms with Crippen molar-refractivity contribution in [2.75, 3.05) is 13.2 Å². The predicted octanol–water partition coefficient (Wildman–Crippen LogP) is 1.84. The molecule has 0 unspecified atom stereocenters. The number of hydrogen-bond donors (Lipinski definition) is 0. The van der Waals surface area contributed by atoms with Gasteiger partial charge in [-0.2, -0.15) is 0 Å². The van der Waals surface area contributed by atoms with Crippen molar-refractivity contribution in [2.45, 2.75) is 51.7 Å². The smallest absolute Gasteiger partial charge is 0.399 e. The van der Waals surface area contributed by atoms with Crippen LogP contribution in [-0.4, -0.2) is 48.3 Å². The molecule has 0 bridgehead atoms. The van der Waals surface area contributed by atoms with Crippen LogP contribution in [-0.2, 0) is 14.0 Å². The zero-order chi connectivity index (χ0) is 14.5. The van der Waals surface area contributed by atoms with Crippen molar-refractivity contribution in [3.63, 3.8) is 0 Å². The fourth-order valence-electron chi connectivity index (χ4n) is 2.21.